The largest absolute Gasteiger partial charge is 0.481 e. The van der Waals surface area contributed by atoms with Gasteiger partial charge in [0.05, 0.1) is 21.4 Å². The maximum absolute atomic E-state index is 12.1. The van der Waals surface area contributed by atoms with Crippen molar-refractivity contribution in [3.63, 3.8) is 0 Å². The molecule has 134 valence electrons. The fourth-order valence-electron chi connectivity index (χ4n) is 2.15. The Labute approximate surface area is 154 Å². The first-order valence-electron chi connectivity index (χ1n) is 7.58. The first-order valence-corrected chi connectivity index (χ1v) is 8.33. The van der Waals surface area contributed by atoms with Gasteiger partial charge in [-0.3, -0.25) is 10.1 Å². The summed E-state index contributed by atoms with van der Waals surface area (Å²) in [5, 5.41) is 19.2. The zero-order valence-electron chi connectivity index (χ0n) is 13.8. The molecule has 0 unspecified atom stereocenters. The van der Waals surface area contributed by atoms with Gasteiger partial charge in [0.2, 0.25) is 0 Å². The van der Waals surface area contributed by atoms with Gasteiger partial charge < -0.3 is 10.4 Å². The number of aliphatic carboxylic acids is 1. The highest BCUT2D eigenvalue weighted by atomic mass is 35.5. The highest BCUT2D eigenvalue weighted by Crippen LogP contribution is 2.28. The molecule has 2 amide bonds. The van der Waals surface area contributed by atoms with Crippen LogP contribution in [-0.4, -0.2) is 33.4 Å². The number of rotatable bonds is 6. The van der Waals surface area contributed by atoms with E-state index in [1.54, 1.807) is 22.9 Å². The number of hydrogen-bond donors (Lipinski definition) is 3. The molecule has 0 aliphatic rings. The molecular formula is C16H18Cl2N4O3. The predicted octanol–water partition coefficient (Wildman–Crippen LogP) is 3.78. The van der Waals surface area contributed by atoms with Gasteiger partial charge in [0.15, 0.2) is 0 Å². The molecule has 7 nitrogen and oxygen atoms in total. The molecule has 25 heavy (non-hydrogen) atoms. The van der Waals surface area contributed by atoms with Crippen LogP contribution in [-0.2, 0) is 4.79 Å². The zero-order valence-corrected chi connectivity index (χ0v) is 15.3. The van der Waals surface area contributed by atoms with Crippen LogP contribution in [0.2, 0.25) is 10.0 Å². The van der Waals surface area contributed by atoms with Crippen LogP contribution in [0, 0.1) is 13.8 Å². The summed E-state index contributed by atoms with van der Waals surface area (Å²) in [4.78, 5) is 22.5. The van der Waals surface area contributed by atoms with E-state index in [1.165, 1.54) is 0 Å². The second kappa shape index (κ2) is 8.22. The van der Waals surface area contributed by atoms with E-state index in [0.29, 0.717) is 28.0 Å². The standard InChI is InChI=1S/C16H18Cl2N4O3/c1-9-10(2)21-22(11-5-6-12(17)13(18)8-11)15(9)20-16(25)19-7-3-4-14(23)24/h5-6,8H,3-4,7H2,1-2H3,(H,23,24)(H2,19,20,25). The predicted molar refractivity (Wildman–Crippen MR) is 96.9 cm³/mol. The molecule has 0 aliphatic heterocycles. The van der Waals surface area contributed by atoms with Crippen molar-refractivity contribution in [3.05, 3.63) is 39.5 Å². The van der Waals surface area contributed by atoms with Crippen molar-refractivity contribution in [2.75, 3.05) is 11.9 Å². The highest BCUT2D eigenvalue weighted by molar-refractivity contribution is 6.42. The molecule has 1 heterocycles. The Morgan fingerprint density at radius 2 is 1.96 bits per heavy atom. The molecule has 0 aliphatic carbocycles. The van der Waals surface area contributed by atoms with Crippen molar-refractivity contribution in [2.45, 2.75) is 26.7 Å². The molecule has 0 bridgehead atoms. The molecule has 0 saturated carbocycles. The van der Waals surface area contributed by atoms with Crippen molar-refractivity contribution in [2.24, 2.45) is 0 Å². The Bertz CT molecular complexity index is 805. The van der Waals surface area contributed by atoms with Gasteiger partial charge in [0.25, 0.3) is 0 Å². The number of carbonyl (C=O) groups excluding carboxylic acids is 1. The first kappa shape index (κ1) is 19.1. The van der Waals surface area contributed by atoms with Gasteiger partial charge in [0, 0.05) is 18.5 Å². The molecule has 2 aromatic rings. The van der Waals surface area contributed by atoms with Gasteiger partial charge in [-0.1, -0.05) is 23.2 Å². The lowest BCUT2D eigenvalue weighted by molar-refractivity contribution is -0.137. The normalized spacial score (nSPS) is 10.6. The molecular weight excluding hydrogens is 367 g/mol. The number of aryl methyl sites for hydroxylation is 1. The molecule has 0 spiro atoms. The van der Waals surface area contributed by atoms with Gasteiger partial charge in [-0.25, -0.2) is 9.48 Å². The van der Waals surface area contributed by atoms with Gasteiger partial charge in [-0.05, 0) is 38.5 Å². The topological polar surface area (TPSA) is 96.3 Å². The van der Waals surface area contributed by atoms with Crippen molar-refractivity contribution in [3.8, 4) is 5.69 Å². The van der Waals surface area contributed by atoms with Crippen molar-refractivity contribution in [1.82, 2.24) is 15.1 Å². The molecule has 0 atom stereocenters. The second-order valence-electron chi connectivity index (χ2n) is 5.45. The molecule has 0 saturated heterocycles. The van der Waals surface area contributed by atoms with Crippen LogP contribution in [0.25, 0.3) is 5.69 Å². The molecule has 0 fully saturated rings. The number of anilines is 1. The van der Waals surface area contributed by atoms with Gasteiger partial charge in [0.1, 0.15) is 5.82 Å². The smallest absolute Gasteiger partial charge is 0.320 e. The SMILES string of the molecule is Cc1nn(-c2ccc(Cl)c(Cl)c2)c(NC(=O)NCCCC(=O)O)c1C. The number of carboxylic acids is 1. The fraction of sp³-hybridized carbons (Fsp3) is 0.312. The lowest BCUT2D eigenvalue weighted by atomic mass is 10.2. The van der Waals surface area contributed by atoms with E-state index in [4.69, 9.17) is 28.3 Å². The number of aromatic nitrogens is 2. The second-order valence-corrected chi connectivity index (χ2v) is 6.26. The third kappa shape index (κ3) is 4.87. The maximum atomic E-state index is 12.1. The highest BCUT2D eigenvalue weighted by Gasteiger charge is 2.16. The maximum Gasteiger partial charge on any atom is 0.320 e. The van der Waals surface area contributed by atoms with E-state index < -0.39 is 12.0 Å². The Balaban J connectivity index is 2.16. The van der Waals surface area contributed by atoms with Crippen molar-refractivity contribution >= 4 is 41.0 Å². The number of halogens is 2. The van der Waals surface area contributed by atoms with Crippen LogP contribution in [0.3, 0.4) is 0 Å². The number of carboxylic acid groups (broad SMARTS) is 1. The molecule has 1 aromatic heterocycles. The molecule has 9 heteroatoms. The number of urea groups is 1. The third-order valence-electron chi connectivity index (χ3n) is 3.59. The average molecular weight is 385 g/mol. The van der Waals surface area contributed by atoms with Crippen LogP contribution in [0.1, 0.15) is 24.1 Å². The summed E-state index contributed by atoms with van der Waals surface area (Å²) >= 11 is 12.0. The number of amides is 2. The molecule has 0 radical (unpaired) electrons. The molecule has 3 N–H and O–H groups in total. The molecule has 1 aromatic carbocycles. The van der Waals surface area contributed by atoms with E-state index >= 15 is 0 Å². The van der Waals surface area contributed by atoms with Crippen LogP contribution in [0.5, 0.6) is 0 Å². The summed E-state index contributed by atoms with van der Waals surface area (Å²) in [5.74, 6) is -0.391. The number of carbonyl (C=O) groups is 2. The van der Waals surface area contributed by atoms with Gasteiger partial charge in [-0.15, -0.1) is 0 Å². The van der Waals surface area contributed by atoms with Crippen LogP contribution in [0.4, 0.5) is 10.6 Å². The van der Waals surface area contributed by atoms with E-state index in [0.717, 1.165) is 11.3 Å². The number of hydrogen-bond acceptors (Lipinski definition) is 3. The summed E-state index contributed by atoms with van der Waals surface area (Å²) in [6, 6.07) is 4.62. The summed E-state index contributed by atoms with van der Waals surface area (Å²) in [6.07, 6.45) is 0.354. The van der Waals surface area contributed by atoms with E-state index in [1.807, 2.05) is 13.8 Å². The van der Waals surface area contributed by atoms with Crippen molar-refractivity contribution in [1.29, 1.82) is 0 Å². The lowest BCUT2D eigenvalue weighted by Gasteiger charge is -2.11. The Hall–Kier alpha value is -2.25. The third-order valence-corrected chi connectivity index (χ3v) is 4.33. The number of nitrogens with one attached hydrogen (secondary N) is 2. The first-order chi connectivity index (χ1) is 11.8. The number of benzene rings is 1. The molecule has 2 rings (SSSR count). The van der Waals surface area contributed by atoms with Gasteiger partial charge in [-0.2, -0.15) is 5.10 Å². The van der Waals surface area contributed by atoms with Crippen LogP contribution >= 0.6 is 23.2 Å². The van der Waals surface area contributed by atoms with E-state index in [-0.39, 0.29) is 13.0 Å². The Morgan fingerprint density at radius 1 is 1.24 bits per heavy atom. The summed E-state index contributed by atoms with van der Waals surface area (Å²) in [7, 11) is 0. The van der Waals surface area contributed by atoms with Crippen molar-refractivity contribution < 1.29 is 14.7 Å². The minimum atomic E-state index is -0.897. The van der Waals surface area contributed by atoms with Crippen LogP contribution in [0.15, 0.2) is 18.2 Å². The van der Waals surface area contributed by atoms with Gasteiger partial charge >= 0.3 is 12.0 Å². The van der Waals surface area contributed by atoms with E-state index in [2.05, 4.69) is 15.7 Å². The quantitative estimate of drug-likeness (QED) is 0.660. The van der Waals surface area contributed by atoms with E-state index in [9.17, 15) is 9.59 Å². The average Bonchev–Trinajstić information content (AvgIpc) is 2.82. The monoisotopic (exact) mass is 384 g/mol. The van der Waals surface area contributed by atoms with Crippen LogP contribution < -0.4 is 10.6 Å². The summed E-state index contributed by atoms with van der Waals surface area (Å²) in [5.41, 5.74) is 2.23. The summed E-state index contributed by atoms with van der Waals surface area (Å²) < 4.78 is 1.57. The summed E-state index contributed by atoms with van der Waals surface area (Å²) in [6.45, 7) is 3.94. The number of nitrogens with zero attached hydrogens (tertiary/aromatic N) is 2. The fourth-order valence-corrected chi connectivity index (χ4v) is 2.44. The minimum absolute atomic E-state index is 0.000375. The lowest BCUT2D eigenvalue weighted by Crippen LogP contribution is -2.31. The minimum Gasteiger partial charge on any atom is -0.481 e. The Kier molecular flexibility index (Phi) is 6.27. The Morgan fingerprint density at radius 3 is 2.60 bits per heavy atom. The zero-order chi connectivity index (χ0) is 18.6.